The zero-order valence-electron chi connectivity index (χ0n) is 12.0. The Balaban J connectivity index is 2.08. The van der Waals surface area contributed by atoms with E-state index in [9.17, 15) is 4.79 Å². The number of hydrogen-bond acceptors (Lipinski definition) is 3. The van der Waals surface area contributed by atoms with E-state index < -0.39 is 0 Å². The van der Waals surface area contributed by atoms with Gasteiger partial charge in [-0.05, 0) is 48.6 Å². The van der Waals surface area contributed by atoms with Crippen LogP contribution >= 0.6 is 11.3 Å². The van der Waals surface area contributed by atoms with E-state index in [1.54, 1.807) is 7.05 Å². The highest BCUT2D eigenvalue weighted by atomic mass is 32.1. The first-order valence-corrected chi connectivity index (χ1v) is 8.03. The quantitative estimate of drug-likeness (QED) is 0.871. The lowest BCUT2D eigenvalue weighted by atomic mass is 9.92. The van der Waals surface area contributed by atoms with Gasteiger partial charge >= 0.3 is 0 Å². The van der Waals surface area contributed by atoms with E-state index in [0.717, 1.165) is 12.8 Å². The minimum atomic E-state index is -0.0825. The molecule has 0 radical (unpaired) electrons. The summed E-state index contributed by atoms with van der Waals surface area (Å²) >= 11 is 1.84. The zero-order chi connectivity index (χ0) is 13.8. The van der Waals surface area contributed by atoms with E-state index in [1.807, 2.05) is 11.3 Å². The number of nitrogens with one attached hydrogen (secondary N) is 2. The molecule has 1 aliphatic carbocycles. The summed E-state index contributed by atoms with van der Waals surface area (Å²) in [4.78, 5) is 13.5. The molecular formula is C15H24N2OS. The third kappa shape index (κ3) is 3.57. The number of carbonyl (C=O) groups is 1. The summed E-state index contributed by atoms with van der Waals surface area (Å²) in [6, 6.07) is 2.48. The van der Waals surface area contributed by atoms with Crippen molar-refractivity contribution in [2.24, 2.45) is 5.92 Å². The van der Waals surface area contributed by atoms with Crippen molar-refractivity contribution in [3.8, 4) is 0 Å². The van der Waals surface area contributed by atoms with Gasteiger partial charge in [-0.3, -0.25) is 10.1 Å². The van der Waals surface area contributed by atoms with Gasteiger partial charge in [-0.25, -0.2) is 0 Å². The Morgan fingerprint density at radius 2 is 2.32 bits per heavy atom. The van der Waals surface area contributed by atoms with E-state index in [0.29, 0.717) is 12.0 Å². The molecule has 2 rings (SSSR count). The lowest BCUT2D eigenvalue weighted by Gasteiger charge is -2.29. The number of hydrogen-bond donors (Lipinski definition) is 2. The van der Waals surface area contributed by atoms with E-state index in [4.69, 9.17) is 0 Å². The second-order valence-corrected chi connectivity index (χ2v) is 6.71. The number of thiophene rings is 1. The first-order valence-electron chi connectivity index (χ1n) is 7.15. The van der Waals surface area contributed by atoms with Crippen molar-refractivity contribution in [2.75, 3.05) is 7.05 Å². The van der Waals surface area contributed by atoms with Crippen molar-refractivity contribution < 1.29 is 4.79 Å². The number of rotatable bonds is 5. The van der Waals surface area contributed by atoms with Crippen LogP contribution in [0.3, 0.4) is 0 Å². The molecule has 0 aromatic carbocycles. The fourth-order valence-corrected chi connectivity index (χ4v) is 3.79. The Morgan fingerprint density at radius 1 is 1.53 bits per heavy atom. The van der Waals surface area contributed by atoms with Gasteiger partial charge in [-0.1, -0.05) is 13.8 Å². The fraction of sp³-hybridized carbons (Fsp3) is 0.667. The van der Waals surface area contributed by atoms with Gasteiger partial charge in [0, 0.05) is 18.0 Å². The SMILES string of the molecule is CNC(=O)C(CC(C)C)NC1CCCc2sccc21. The summed E-state index contributed by atoms with van der Waals surface area (Å²) in [6.45, 7) is 4.32. The summed E-state index contributed by atoms with van der Waals surface area (Å²) in [5.41, 5.74) is 1.41. The molecule has 1 aromatic rings. The molecule has 1 amide bonds. The molecule has 1 aromatic heterocycles. The summed E-state index contributed by atoms with van der Waals surface area (Å²) < 4.78 is 0. The van der Waals surface area contributed by atoms with E-state index in [2.05, 4.69) is 35.9 Å². The second-order valence-electron chi connectivity index (χ2n) is 5.71. The van der Waals surface area contributed by atoms with E-state index in [1.165, 1.54) is 23.3 Å². The third-order valence-corrected chi connectivity index (χ3v) is 4.72. The molecule has 3 nitrogen and oxygen atoms in total. The van der Waals surface area contributed by atoms with Crippen LogP contribution in [0.15, 0.2) is 11.4 Å². The average Bonchev–Trinajstić information content (AvgIpc) is 2.85. The van der Waals surface area contributed by atoms with Crippen LogP contribution in [0.1, 0.15) is 49.6 Å². The van der Waals surface area contributed by atoms with Crippen molar-refractivity contribution in [3.63, 3.8) is 0 Å². The first kappa shape index (κ1) is 14.5. The van der Waals surface area contributed by atoms with Gasteiger partial charge in [0.25, 0.3) is 0 Å². The van der Waals surface area contributed by atoms with Gasteiger partial charge < -0.3 is 5.32 Å². The Kier molecular flexibility index (Phi) is 4.99. The molecular weight excluding hydrogens is 256 g/mol. The maximum atomic E-state index is 12.0. The highest BCUT2D eigenvalue weighted by molar-refractivity contribution is 7.10. The smallest absolute Gasteiger partial charge is 0.236 e. The molecule has 19 heavy (non-hydrogen) atoms. The summed E-state index contributed by atoms with van der Waals surface area (Å²) in [5.74, 6) is 0.622. The maximum Gasteiger partial charge on any atom is 0.236 e. The number of fused-ring (bicyclic) bond motifs is 1. The minimum Gasteiger partial charge on any atom is -0.358 e. The van der Waals surface area contributed by atoms with Crippen molar-refractivity contribution in [1.82, 2.24) is 10.6 Å². The number of likely N-dealkylation sites (N-methyl/N-ethyl adjacent to an activating group) is 1. The molecule has 1 heterocycles. The third-order valence-electron chi connectivity index (χ3n) is 3.72. The highest BCUT2D eigenvalue weighted by Crippen LogP contribution is 2.33. The fourth-order valence-electron chi connectivity index (χ4n) is 2.80. The molecule has 1 aliphatic rings. The Labute approximate surface area is 119 Å². The lowest BCUT2D eigenvalue weighted by Crippen LogP contribution is -2.45. The molecule has 2 atom stereocenters. The van der Waals surface area contributed by atoms with Crippen LogP contribution in [-0.4, -0.2) is 19.0 Å². The predicted molar refractivity (Wildman–Crippen MR) is 80.4 cm³/mol. The standard InChI is InChI=1S/C15H24N2OS/c1-10(2)9-13(15(18)16-3)17-12-5-4-6-14-11(12)7-8-19-14/h7-8,10,12-13,17H,4-6,9H2,1-3H3,(H,16,18). The monoisotopic (exact) mass is 280 g/mol. The molecule has 106 valence electrons. The number of carbonyl (C=O) groups excluding carboxylic acids is 1. The van der Waals surface area contributed by atoms with E-state index >= 15 is 0 Å². The Hall–Kier alpha value is -0.870. The van der Waals surface area contributed by atoms with Gasteiger partial charge in [0.2, 0.25) is 5.91 Å². The topological polar surface area (TPSA) is 41.1 Å². The van der Waals surface area contributed by atoms with Gasteiger partial charge in [0.1, 0.15) is 0 Å². The van der Waals surface area contributed by atoms with Crippen LogP contribution in [0.4, 0.5) is 0 Å². The maximum absolute atomic E-state index is 12.0. The van der Waals surface area contributed by atoms with Gasteiger partial charge in [0.05, 0.1) is 6.04 Å². The molecule has 2 N–H and O–H groups in total. The van der Waals surface area contributed by atoms with Crippen LogP contribution in [-0.2, 0) is 11.2 Å². The molecule has 4 heteroatoms. The number of aryl methyl sites for hydroxylation is 1. The Bertz CT molecular complexity index is 428. The molecule has 0 saturated carbocycles. The van der Waals surface area contributed by atoms with Crippen molar-refractivity contribution in [1.29, 1.82) is 0 Å². The van der Waals surface area contributed by atoms with Crippen LogP contribution in [0.2, 0.25) is 0 Å². The second kappa shape index (κ2) is 6.53. The van der Waals surface area contributed by atoms with Crippen LogP contribution in [0, 0.1) is 5.92 Å². The van der Waals surface area contributed by atoms with Crippen LogP contribution in [0.5, 0.6) is 0 Å². The lowest BCUT2D eigenvalue weighted by molar-refractivity contribution is -0.123. The first-order chi connectivity index (χ1) is 9.11. The summed E-state index contributed by atoms with van der Waals surface area (Å²) in [7, 11) is 1.72. The van der Waals surface area contributed by atoms with Gasteiger partial charge in [-0.15, -0.1) is 11.3 Å². The Morgan fingerprint density at radius 3 is 3.00 bits per heavy atom. The summed E-state index contributed by atoms with van der Waals surface area (Å²) in [6.07, 6.45) is 4.43. The zero-order valence-corrected chi connectivity index (χ0v) is 12.8. The van der Waals surface area contributed by atoms with Crippen molar-refractivity contribution in [3.05, 3.63) is 21.9 Å². The van der Waals surface area contributed by atoms with E-state index in [-0.39, 0.29) is 11.9 Å². The van der Waals surface area contributed by atoms with Crippen LogP contribution in [0.25, 0.3) is 0 Å². The van der Waals surface area contributed by atoms with Gasteiger partial charge in [0.15, 0.2) is 0 Å². The highest BCUT2D eigenvalue weighted by Gasteiger charge is 2.26. The van der Waals surface area contributed by atoms with Crippen LogP contribution < -0.4 is 10.6 Å². The largest absolute Gasteiger partial charge is 0.358 e. The molecule has 0 saturated heterocycles. The molecule has 0 fully saturated rings. The van der Waals surface area contributed by atoms with Crippen molar-refractivity contribution >= 4 is 17.2 Å². The molecule has 0 spiro atoms. The predicted octanol–water partition coefficient (Wildman–Crippen LogP) is 2.88. The molecule has 0 aliphatic heterocycles. The normalized spacial score (nSPS) is 20.1. The van der Waals surface area contributed by atoms with Crippen molar-refractivity contribution in [2.45, 2.75) is 51.6 Å². The minimum absolute atomic E-state index is 0.0825. The summed E-state index contributed by atoms with van der Waals surface area (Å²) in [5, 5.41) is 8.52. The molecule has 0 bridgehead atoms. The number of amides is 1. The molecule has 2 unspecified atom stereocenters. The van der Waals surface area contributed by atoms with Gasteiger partial charge in [-0.2, -0.15) is 0 Å². The average molecular weight is 280 g/mol.